The summed E-state index contributed by atoms with van der Waals surface area (Å²) in [5, 5.41) is 16.9. The molecule has 0 fully saturated rings. The molecule has 7 nitrogen and oxygen atoms in total. The molecular formula is C16H11Cl2N3O4. The fourth-order valence-corrected chi connectivity index (χ4v) is 2.80. The number of nitro groups is 1. The fourth-order valence-electron chi connectivity index (χ4n) is 2.32. The number of rotatable bonds is 3. The van der Waals surface area contributed by atoms with Crippen LogP contribution in [0.5, 0.6) is 0 Å². The molecule has 2 aromatic carbocycles. The molecule has 1 heterocycles. The molecule has 9 heteroatoms. The van der Waals surface area contributed by atoms with Gasteiger partial charge in [-0.2, -0.15) is 5.01 Å². The van der Waals surface area contributed by atoms with Crippen molar-refractivity contribution in [3.63, 3.8) is 0 Å². The lowest BCUT2D eigenvalue weighted by Gasteiger charge is -2.19. The number of amides is 1. The molecule has 0 aromatic heterocycles. The molecule has 25 heavy (non-hydrogen) atoms. The summed E-state index contributed by atoms with van der Waals surface area (Å²) in [6.07, 6.45) is -0.833. The van der Waals surface area contributed by atoms with Crippen LogP contribution in [-0.4, -0.2) is 21.7 Å². The van der Waals surface area contributed by atoms with Gasteiger partial charge in [-0.15, -0.1) is 5.10 Å². The average Bonchev–Trinajstić information content (AvgIpc) is 3.00. The molecule has 0 unspecified atom stereocenters. The highest BCUT2D eigenvalue weighted by Gasteiger charge is 2.34. The molecule has 0 spiro atoms. The smallest absolute Gasteiger partial charge is 0.269 e. The lowest BCUT2D eigenvalue weighted by molar-refractivity contribution is -0.384. The van der Waals surface area contributed by atoms with Crippen LogP contribution in [0.15, 0.2) is 47.6 Å². The standard InChI is InChI=1S/C16H11Cl2N3O4/c1-9(22)20-16(10-2-5-12(6-3-10)21(23)24)25-15(19-20)13-7-4-11(17)8-14(13)18/h2-8,16H,1H3/t16-/m0/s1. The third-order valence-electron chi connectivity index (χ3n) is 3.52. The topological polar surface area (TPSA) is 85.0 Å². The van der Waals surface area contributed by atoms with Gasteiger partial charge in [0.25, 0.3) is 5.69 Å². The number of ether oxygens (including phenoxy) is 1. The van der Waals surface area contributed by atoms with Crippen molar-refractivity contribution in [1.82, 2.24) is 5.01 Å². The van der Waals surface area contributed by atoms with E-state index in [9.17, 15) is 14.9 Å². The van der Waals surface area contributed by atoms with Crippen molar-refractivity contribution in [3.8, 4) is 0 Å². The Morgan fingerprint density at radius 1 is 1.24 bits per heavy atom. The Balaban J connectivity index is 1.94. The van der Waals surface area contributed by atoms with Crippen LogP contribution >= 0.6 is 23.2 Å². The van der Waals surface area contributed by atoms with Crippen LogP contribution in [0, 0.1) is 10.1 Å². The van der Waals surface area contributed by atoms with E-state index in [1.165, 1.54) is 31.2 Å². The number of benzene rings is 2. The number of hydrogen-bond acceptors (Lipinski definition) is 5. The third kappa shape index (κ3) is 3.42. The quantitative estimate of drug-likeness (QED) is 0.592. The first-order valence-corrected chi connectivity index (χ1v) is 7.87. The monoisotopic (exact) mass is 379 g/mol. The number of hydrogen-bond donors (Lipinski definition) is 0. The Morgan fingerprint density at radius 2 is 1.92 bits per heavy atom. The molecule has 1 amide bonds. The molecule has 0 saturated carbocycles. The van der Waals surface area contributed by atoms with Crippen molar-refractivity contribution < 1.29 is 14.5 Å². The van der Waals surface area contributed by atoms with Crippen molar-refractivity contribution in [2.75, 3.05) is 0 Å². The van der Waals surface area contributed by atoms with Crippen molar-refractivity contribution in [3.05, 3.63) is 73.8 Å². The van der Waals surface area contributed by atoms with Gasteiger partial charge in [0, 0.05) is 29.6 Å². The Kier molecular flexibility index (Phi) is 4.61. The minimum atomic E-state index is -0.833. The van der Waals surface area contributed by atoms with Gasteiger partial charge in [0.15, 0.2) is 0 Å². The summed E-state index contributed by atoms with van der Waals surface area (Å²) in [5.74, 6) is -0.177. The van der Waals surface area contributed by atoms with E-state index in [0.717, 1.165) is 5.01 Å². The number of nitro benzene ring substituents is 1. The van der Waals surface area contributed by atoms with Crippen molar-refractivity contribution in [1.29, 1.82) is 0 Å². The zero-order valence-corrected chi connectivity index (χ0v) is 14.4. The zero-order chi connectivity index (χ0) is 18.1. The first-order chi connectivity index (χ1) is 11.9. The SMILES string of the molecule is CC(=O)N1N=C(c2ccc(Cl)cc2Cl)O[C@H]1c1ccc([N+](=O)[O-])cc1. The highest BCUT2D eigenvalue weighted by molar-refractivity contribution is 6.36. The Labute approximate surface area is 152 Å². The highest BCUT2D eigenvalue weighted by Crippen LogP contribution is 2.33. The largest absolute Gasteiger partial charge is 0.446 e. The van der Waals surface area contributed by atoms with E-state index in [1.54, 1.807) is 18.2 Å². The molecule has 0 radical (unpaired) electrons. The maximum absolute atomic E-state index is 11.9. The van der Waals surface area contributed by atoms with Crippen LogP contribution in [0.1, 0.15) is 24.3 Å². The molecule has 0 N–H and O–H groups in total. The zero-order valence-electron chi connectivity index (χ0n) is 12.8. The first-order valence-electron chi connectivity index (χ1n) is 7.11. The average molecular weight is 380 g/mol. The van der Waals surface area contributed by atoms with Gasteiger partial charge in [-0.25, -0.2) is 0 Å². The summed E-state index contributed by atoms with van der Waals surface area (Å²) in [4.78, 5) is 22.2. The predicted molar refractivity (Wildman–Crippen MR) is 92.4 cm³/mol. The number of carbonyl (C=O) groups excluding carboxylic acids is 1. The van der Waals surface area contributed by atoms with Gasteiger partial charge in [0.1, 0.15) is 0 Å². The Morgan fingerprint density at radius 3 is 2.48 bits per heavy atom. The van der Waals surface area contributed by atoms with Crippen molar-refractivity contribution >= 4 is 40.7 Å². The summed E-state index contributed by atoms with van der Waals surface area (Å²) < 4.78 is 5.79. The minimum Gasteiger partial charge on any atom is -0.446 e. The molecule has 0 saturated heterocycles. The maximum atomic E-state index is 11.9. The molecule has 0 aliphatic carbocycles. The number of nitrogens with zero attached hydrogens (tertiary/aromatic N) is 3. The van der Waals surface area contributed by atoms with Crippen LogP contribution in [0.25, 0.3) is 0 Å². The molecule has 1 atom stereocenters. The number of non-ortho nitro benzene ring substituents is 1. The van der Waals surface area contributed by atoms with Crippen LogP contribution in [0.4, 0.5) is 5.69 Å². The van der Waals surface area contributed by atoms with E-state index >= 15 is 0 Å². The maximum Gasteiger partial charge on any atom is 0.269 e. The molecule has 128 valence electrons. The van der Waals surface area contributed by atoms with Gasteiger partial charge in [0.2, 0.25) is 18.0 Å². The molecule has 0 bridgehead atoms. The van der Waals surface area contributed by atoms with E-state index in [2.05, 4.69) is 5.10 Å². The minimum absolute atomic E-state index is 0.0574. The lowest BCUT2D eigenvalue weighted by Crippen LogP contribution is -2.25. The summed E-state index contributed by atoms with van der Waals surface area (Å²) in [6, 6.07) is 10.5. The second kappa shape index (κ2) is 6.70. The molecule has 2 aromatic rings. The van der Waals surface area contributed by atoms with E-state index in [0.29, 0.717) is 21.2 Å². The van der Waals surface area contributed by atoms with E-state index in [-0.39, 0.29) is 17.5 Å². The molecule has 3 rings (SSSR count). The fraction of sp³-hybridized carbons (Fsp3) is 0.125. The predicted octanol–water partition coefficient (Wildman–Crippen LogP) is 4.14. The van der Waals surface area contributed by atoms with Crippen LogP contribution in [-0.2, 0) is 9.53 Å². The summed E-state index contributed by atoms with van der Waals surface area (Å²) in [5.41, 5.74) is 0.976. The van der Waals surface area contributed by atoms with Gasteiger partial charge in [-0.1, -0.05) is 23.2 Å². The van der Waals surface area contributed by atoms with Crippen LogP contribution in [0.3, 0.4) is 0 Å². The highest BCUT2D eigenvalue weighted by atomic mass is 35.5. The molecule has 1 aliphatic rings. The third-order valence-corrected chi connectivity index (χ3v) is 4.06. The number of carbonyl (C=O) groups is 1. The van der Waals surface area contributed by atoms with Crippen molar-refractivity contribution in [2.24, 2.45) is 5.10 Å². The van der Waals surface area contributed by atoms with Gasteiger partial charge in [-0.3, -0.25) is 14.9 Å². The molecule has 1 aliphatic heterocycles. The second-order valence-corrected chi connectivity index (χ2v) is 6.06. The normalized spacial score (nSPS) is 16.4. The van der Waals surface area contributed by atoms with Gasteiger partial charge < -0.3 is 4.74 Å². The number of halogens is 2. The van der Waals surface area contributed by atoms with E-state index in [1.807, 2.05) is 0 Å². The summed E-state index contributed by atoms with van der Waals surface area (Å²) >= 11 is 12.0. The Bertz CT molecular complexity index is 883. The molecular weight excluding hydrogens is 369 g/mol. The summed E-state index contributed by atoms with van der Waals surface area (Å²) in [7, 11) is 0. The Hall–Kier alpha value is -2.64. The van der Waals surface area contributed by atoms with Crippen molar-refractivity contribution in [2.45, 2.75) is 13.2 Å². The first kappa shape index (κ1) is 17.2. The van der Waals surface area contributed by atoms with Gasteiger partial charge in [0.05, 0.1) is 15.5 Å². The van der Waals surface area contributed by atoms with Gasteiger partial charge >= 0.3 is 0 Å². The summed E-state index contributed by atoms with van der Waals surface area (Å²) in [6.45, 7) is 1.34. The van der Waals surface area contributed by atoms with Gasteiger partial charge in [-0.05, 0) is 30.3 Å². The second-order valence-electron chi connectivity index (χ2n) is 5.21. The number of hydrazone groups is 1. The van der Waals surface area contributed by atoms with E-state index < -0.39 is 11.2 Å². The lowest BCUT2D eigenvalue weighted by atomic mass is 10.1. The van der Waals surface area contributed by atoms with E-state index in [4.69, 9.17) is 27.9 Å². The van der Waals surface area contributed by atoms with Crippen LogP contribution < -0.4 is 0 Å². The van der Waals surface area contributed by atoms with Crippen LogP contribution in [0.2, 0.25) is 10.0 Å².